The van der Waals surface area contributed by atoms with Crippen LogP contribution in [0.2, 0.25) is 5.15 Å². The van der Waals surface area contributed by atoms with Crippen molar-refractivity contribution in [3.63, 3.8) is 0 Å². The molecule has 1 fully saturated rings. The molecule has 1 unspecified atom stereocenters. The monoisotopic (exact) mass is 402 g/mol. The van der Waals surface area contributed by atoms with Gasteiger partial charge >= 0.3 is 0 Å². The van der Waals surface area contributed by atoms with Crippen molar-refractivity contribution in [2.24, 2.45) is 0 Å². The van der Waals surface area contributed by atoms with E-state index in [4.69, 9.17) is 21.1 Å². The van der Waals surface area contributed by atoms with Crippen LogP contribution in [-0.2, 0) is 4.74 Å². The molecule has 0 amide bonds. The highest BCUT2D eigenvalue weighted by molar-refractivity contribution is 6.30. The van der Waals surface area contributed by atoms with Gasteiger partial charge in [0.25, 0.3) is 0 Å². The first kappa shape index (κ1) is 19.1. The Hall–Kier alpha value is -2.19. The fourth-order valence-electron chi connectivity index (χ4n) is 3.27. The van der Waals surface area contributed by atoms with Crippen molar-refractivity contribution in [1.82, 2.24) is 19.5 Å². The Bertz CT molecular complexity index is 954. The third-order valence-electron chi connectivity index (χ3n) is 4.87. The molecular formula is C20H23ClN4O3. The van der Waals surface area contributed by atoms with Gasteiger partial charge in [0.15, 0.2) is 0 Å². The van der Waals surface area contributed by atoms with E-state index in [1.54, 1.807) is 23.7 Å². The molecule has 1 aliphatic heterocycles. The number of morpholine rings is 1. The van der Waals surface area contributed by atoms with Crippen LogP contribution in [0, 0.1) is 0 Å². The average molecular weight is 403 g/mol. The van der Waals surface area contributed by atoms with Gasteiger partial charge in [0.2, 0.25) is 0 Å². The maximum Gasteiger partial charge on any atom is 0.137 e. The lowest BCUT2D eigenvalue weighted by atomic mass is 10.1. The third-order valence-corrected chi connectivity index (χ3v) is 5.18. The zero-order chi connectivity index (χ0) is 19.5. The minimum Gasteiger partial charge on any atom is -0.491 e. The number of rotatable bonds is 6. The van der Waals surface area contributed by atoms with Crippen LogP contribution < -0.4 is 4.74 Å². The summed E-state index contributed by atoms with van der Waals surface area (Å²) in [4.78, 5) is 6.75. The largest absolute Gasteiger partial charge is 0.491 e. The van der Waals surface area contributed by atoms with E-state index < -0.39 is 6.10 Å². The molecule has 0 radical (unpaired) electrons. The zero-order valence-electron chi connectivity index (χ0n) is 15.7. The van der Waals surface area contributed by atoms with Gasteiger partial charge in [-0.25, -0.2) is 9.50 Å². The molecule has 28 heavy (non-hydrogen) atoms. The van der Waals surface area contributed by atoms with E-state index in [0.29, 0.717) is 23.0 Å². The lowest BCUT2D eigenvalue weighted by molar-refractivity contribution is 0.0322. The Morgan fingerprint density at radius 3 is 2.82 bits per heavy atom. The van der Waals surface area contributed by atoms with Crippen molar-refractivity contribution in [3.05, 3.63) is 47.4 Å². The molecule has 148 valence electrons. The minimum atomic E-state index is -0.657. The summed E-state index contributed by atoms with van der Waals surface area (Å²) in [6, 6.07) is 7.54. The van der Waals surface area contributed by atoms with Crippen molar-refractivity contribution in [1.29, 1.82) is 0 Å². The maximum atomic E-state index is 9.72. The Balaban J connectivity index is 1.47. The summed E-state index contributed by atoms with van der Waals surface area (Å²) in [5.74, 6) is 0.769. The smallest absolute Gasteiger partial charge is 0.137 e. The molecule has 0 aromatic carbocycles. The van der Waals surface area contributed by atoms with E-state index in [2.05, 4.69) is 15.0 Å². The number of ether oxygens (including phenoxy) is 2. The molecule has 0 aliphatic carbocycles. The Morgan fingerprint density at radius 1 is 1.25 bits per heavy atom. The fourth-order valence-corrected chi connectivity index (χ4v) is 3.58. The van der Waals surface area contributed by atoms with Gasteiger partial charge in [-0.2, -0.15) is 5.10 Å². The molecule has 4 rings (SSSR count). The summed E-state index contributed by atoms with van der Waals surface area (Å²) in [5.41, 5.74) is 3.11. The fraction of sp³-hybridized carbons (Fsp3) is 0.400. The summed E-state index contributed by atoms with van der Waals surface area (Å²) in [5, 5.41) is 14.4. The van der Waals surface area contributed by atoms with Crippen LogP contribution >= 0.6 is 11.6 Å². The van der Waals surface area contributed by atoms with Gasteiger partial charge in [-0.3, -0.25) is 4.90 Å². The summed E-state index contributed by atoms with van der Waals surface area (Å²) < 4.78 is 13.0. The molecular weight excluding hydrogens is 380 g/mol. The molecule has 3 aromatic rings. The standard InChI is InChI=1S/C20H23ClN4O3/c1-14(26)16-3-4-18(23-20(16)21)17-12-22-25-13-15(2-5-19(17)25)28-11-8-24-6-9-27-10-7-24/h2-5,12-14,26H,6-11H2,1H3. The average Bonchev–Trinajstić information content (AvgIpc) is 3.12. The first-order valence-electron chi connectivity index (χ1n) is 9.37. The molecule has 4 heterocycles. The summed E-state index contributed by atoms with van der Waals surface area (Å²) in [6.07, 6.45) is 2.97. The van der Waals surface area contributed by atoms with Crippen molar-refractivity contribution in [3.8, 4) is 17.0 Å². The van der Waals surface area contributed by atoms with Crippen LogP contribution in [0.1, 0.15) is 18.6 Å². The van der Waals surface area contributed by atoms with E-state index in [9.17, 15) is 5.11 Å². The van der Waals surface area contributed by atoms with Gasteiger partial charge in [0.1, 0.15) is 17.5 Å². The predicted octanol–water partition coefficient (Wildman–Crippen LogP) is 2.81. The normalized spacial score (nSPS) is 16.4. The zero-order valence-corrected chi connectivity index (χ0v) is 16.5. The number of hydrogen-bond donors (Lipinski definition) is 1. The lowest BCUT2D eigenvalue weighted by Gasteiger charge is -2.26. The molecule has 0 spiro atoms. The highest BCUT2D eigenvalue weighted by atomic mass is 35.5. The summed E-state index contributed by atoms with van der Waals surface area (Å²) in [7, 11) is 0. The van der Waals surface area contributed by atoms with Crippen molar-refractivity contribution in [2.45, 2.75) is 13.0 Å². The molecule has 1 N–H and O–H groups in total. The van der Waals surface area contributed by atoms with Crippen LogP contribution in [0.3, 0.4) is 0 Å². The molecule has 0 saturated carbocycles. The van der Waals surface area contributed by atoms with Crippen molar-refractivity contribution in [2.75, 3.05) is 39.5 Å². The third kappa shape index (κ3) is 4.12. The van der Waals surface area contributed by atoms with Gasteiger partial charge in [-0.05, 0) is 25.1 Å². The Labute approximate surface area is 168 Å². The first-order valence-corrected chi connectivity index (χ1v) is 9.75. The molecule has 1 aliphatic rings. The maximum absolute atomic E-state index is 9.72. The molecule has 8 heteroatoms. The second kappa shape index (κ2) is 8.45. The second-order valence-electron chi connectivity index (χ2n) is 6.81. The minimum absolute atomic E-state index is 0.301. The van der Waals surface area contributed by atoms with Crippen LogP contribution in [0.5, 0.6) is 5.75 Å². The Kier molecular flexibility index (Phi) is 5.77. The number of aliphatic hydroxyl groups excluding tert-OH is 1. The van der Waals surface area contributed by atoms with Crippen LogP contribution in [0.25, 0.3) is 16.8 Å². The Morgan fingerprint density at radius 2 is 2.07 bits per heavy atom. The highest BCUT2D eigenvalue weighted by Gasteiger charge is 2.14. The van der Waals surface area contributed by atoms with E-state index in [1.165, 1.54) is 0 Å². The van der Waals surface area contributed by atoms with Gasteiger partial charge in [0, 0.05) is 30.8 Å². The van der Waals surface area contributed by atoms with Gasteiger partial charge in [-0.1, -0.05) is 17.7 Å². The predicted molar refractivity (Wildman–Crippen MR) is 107 cm³/mol. The highest BCUT2D eigenvalue weighted by Crippen LogP contribution is 2.29. The van der Waals surface area contributed by atoms with Crippen molar-refractivity contribution < 1.29 is 14.6 Å². The number of aliphatic hydroxyl groups is 1. The second-order valence-corrected chi connectivity index (χ2v) is 7.17. The van der Waals surface area contributed by atoms with Crippen LogP contribution in [-0.4, -0.2) is 64.1 Å². The van der Waals surface area contributed by atoms with Gasteiger partial charge in [-0.15, -0.1) is 0 Å². The van der Waals surface area contributed by atoms with Gasteiger partial charge < -0.3 is 14.6 Å². The van der Waals surface area contributed by atoms with E-state index in [0.717, 1.165) is 49.7 Å². The number of nitrogens with zero attached hydrogens (tertiary/aromatic N) is 4. The SMILES string of the molecule is CC(O)c1ccc(-c2cnn3cc(OCCN4CCOCC4)ccc23)nc1Cl. The van der Waals surface area contributed by atoms with E-state index in [1.807, 2.05) is 24.4 Å². The molecule has 0 bridgehead atoms. The quantitative estimate of drug-likeness (QED) is 0.639. The topological polar surface area (TPSA) is 72.1 Å². The number of fused-ring (bicyclic) bond motifs is 1. The number of halogens is 1. The molecule has 3 aromatic heterocycles. The molecule has 1 saturated heterocycles. The van der Waals surface area contributed by atoms with Gasteiger partial charge in [0.05, 0.1) is 42.9 Å². The molecule has 7 nitrogen and oxygen atoms in total. The first-order chi connectivity index (χ1) is 13.6. The lowest BCUT2D eigenvalue weighted by Crippen LogP contribution is -2.38. The van der Waals surface area contributed by atoms with E-state index >= 15 is 0 Å². The van der Waals surface area contributed by atoms with Crippen molar-refractivity contribution >= 4 is 17.1 Å². The van der Waals surface area contributed by atoms with E-state index in [-0.39, 0.29) is 0 Å². The number of hydrogen-bond acceptors (Lipinski definition) is 6. The number of aromatic nitrogens is 3. The number of pyridine rings is 2. The molecule has 1 atom stereocenters. The van der Waals surface area contributed by atoms with Crippen LogP contribution in [0.4, 0.5) is 0 Å². The summed E-state index contributed by atoms with van der Waals surface area (Å²) in [6.45, 7) is 6.65. The van der Waals surface area contributed by atoms with Crippen LogP contribution in [0.15, 0.2) is 36.7 Å². The summed E-state index contributed by atoms with van der Waals surface area (Å²) >= 11 is 6.21.